The van der Waals surface area contributed by atoms with E-state index in [1.54, 1.807) is 0 Å². The second-order valence-electron chi connectivity index (χ2n) is 6.86. The van der Waals surface area contributed by atoms with Crippen molar-refractivity contribution >= 4 is 23.2 Å². The molecule has 2 aromatic rings. The van der Waals surface area contributed by atoms with E-state index in [4.69, 9.17) is 0 Å². The van der Waals surface area contributed by atoms with Crippen molar-refractivity contribution in [1.29, 1.82) is 0 Å². The molecule has 0 saturated heterocycles. The summed E-state index contributed by atoms with van der Waals surface area (Å²) < 4.78 is 2.26. The van der Waals surface area contributed by atoms with Gasteiger partial charge in [-0.25, -0.2) is 0 Å². The van der Waals surface area contributed by atoms with Crippen LogP contribution < -0.4 is 5.32 Å². The maximum absolute atomic E-state index is 4.67. The molecule has 1 aliphatic carbocycles. The molecule has 0 aromatic carbocycles. The number of thioether (sulfide) groups is 1. The Balaban J connectivity index is 1.83. The van der Waals surface area contributed by atoms with E-state index in [2.05, 4.69) is 47.6 Å². The molecule has 2 heterocycles. The molecule has 21 heavy (non-hydrogen) atoms. The van der Waals surface area contributed by atoms with Gasteiger partial charge in [-0.15, -0.1) is 15.3 Å². The van der Waals surface area contributed by atoms with Crippen LogP contribution in [0.3, 0.4) is 0 Å². The fraction of sp³-hybridized carbons (Fsp3) is 0.667. The van der Waals surface area contributed by atoms with Gasteiger partial charge in [-0.05, 0) is 31.2 Å². The first kappa shape index (κ1) is 14.6. The van der Waals surface area contributed by atoms with Gasteiger partial charge in [-0.1, -0.05) is 27.2 Å². The molecule has 1 aliphatic rings. The molecule has 0 bridgehead atoms. The summed E-state index contributed by atoms with van der Waals surface area (Å²) >= 11 is 1.97. The Labute approximate surface area is 129 Å². The molecule has 3 rings (SSSR count). The fourth-order valence-corrected chi connectivity index (χ4v) is 3.54. The summed E-state index contributed by atoms with van der Waals surface area (Å²) in [4.78, 5) is 0. The third-order valence-corrected chi connectivity index (χ3v) is 5.64. The quantitative estimate of drug-likeness (QED) is 0.940. The van der Waals surface area contributed by atoms with Gasteiger partial charge < -0.3 is 5.32 Å². The van der Waals surface area contributed by atoms with Gasteiger partial charge in [-0.2, -0.15) is 16.3 Å². The zero-order chi connectivity index (χ0) is 15.1. The van der Waals surface area contributed by atoms with Crippen molar-refractivity contribution in [1.82, 2.24) is 19.8 Å². The molecule has 0 amide bonds. The third-order valence-electron chi connectivity index (χ3n) is 4.22. The van der Waals surface area contributed by atoms with Gasteiger partial charge in [0.1, 0.15) is 5.82 Å². The number of fused-ring (bicyclic) bond motifs is 1. The monoisotopic (exact) mass is 305 g/mol. The van der Waals surface area contributed by atoms with Crippen LogP contribution in [0.5, 0.6) is 0 Å². The van der Waals surface area contributed by atoms with Crippen LogP contribution in [0.2, 0.25) is 0 Å². The van der Waals surface area contributed by atoms with Crippen LogP contribution in [0.15, 0.2) is 12.1 Å². The zero-order valence-corrected chi connectivity index (χ0v) is 14.0. The van der Waals surface area contributed by atoms with E-state index in [-0.39, 0.29) is 5.41 Å². The molecular weight excluding hydrogens is 282 g/mol. The van der Waals surface area contributed by atoms with Crippen molar-refractivity contribution in [3.8, 4) is 0 Å². The van der Waals surface area contributed by atoms with Crippen molar-refractivity contribution in [3.05, 3.63) is 18.0 Å². The van der Waals surface area contributed by atoms with Crippen LogP contribution in [-0.2, 0) is 5.41 Å². The molecule has 1 fully saturated rings. The molecule has 0 aliphatic heterocycles. The van der Waals surface area contributed by atoms with Crippen LogP contribution in [0.25, 0.3) is 5.65 Å². The number of anilines is 1. The zero-order valence-electron chi connectivity index (χ0n) is 13.2. The lowest BCUT2D eigenvalue weighted by Gasteiger charge is -2.40. The predicted molar refractivity (Wildman–Crippen MR) is 88.1 cm³/mol. The largest absolute Gasteiger partial charge is 0.367 e. The molecule has 0 radical (unpaired) electrons. The number of nitrogens with one attached hydrogen (secondary N) is 1. The van der Waals surface area contributed by atoms with Gasteiger partial charge in [0.15, 0.2) is 11.5 Å². The summed E-state index contributed by atoms with van der Waals surface area (Å²) in [6.45, 7) is 7.35. The Morgan fingerprint density at radius 3 is 2.62 bits per heavy atom. The van der Waals surface area contributed by atoms with E-state index in [0.717, 1.165) is 23.8 Å². The predicted octanol–water partition coefficient (Wildman–Crippen LogP) is 3.12. The summed E-state index contributed by atoms with van der Waals surface area (Å²) in [7, 11) is 0. The molecule has 6 heteroatoms. The summed E-state index contributed by atoms with van der Waals surface area (Å²) in [5.41, 5.74) is 0.730. The van der Waals surface area contributed by atoms with Crippen LogP contribution in [-0.4, -0.2) is 37.4 Å². The van der Waals surface area contributed by atoms with E-state index < -0.39 is 0 Å². The summed E-state index contributed by atoms with van der Waals surface area (Å²) in [5, 5.41) is 16.6. The first-order chi connectivity index (χ1) is 9.93. The molecule has 0 unspecified atom stereocenters. The fourth-order valence-electron chi connectivity index (χ4n) is 2.63. The number of nitrogens with zero attached hydrogens (tertiary/aromatic N) is 4. The summed E-state index contributed by atoms with van der Waals surface area (Å²) in [6, 6.07) is 3.97. The Kier molecular flexibility index (Phi) is 3.59. The Hall–Kier alpha value is -1.30. The second kappa shape index (κ2) is 5.16. The van der Waals surface area contributed by atoms with Crippen LogP contribution >= 0.6 is 11.8 Å². The smallest absolute Gasteiger partial charge is 0.178 e. The minimum Gasteiger partial charge on any atom is -0.367 e. The lowest BCUT2D eigenvalue weighted by molar-refractivity contribution is 0.379. The Morgan fingerprint density at radius 1 is 1.29 bits per heavy atom. The van der Waals surface area contributed by atoms with Gasteiger partial charge in [-0.3, -0.25) is 0 Å². The van der Waals surface area contributed by atoms with E-state index in [0.29, 0.717) is 4.75 Å². The normalized spacial score (nSPS) is 17.7. The lowest BCUT2D eigenvalue weighted by Crippen LogP contribution is -2.40. The van der Waals surface area contributed by atoms with E-state index in [1.165, 1.54) is 19.3 Å². The molecule has 0 atom stereocenters. The molecule has 114 valence electrons. The van der Waals surface area contributed by atoms with Crippen LogP contribution in [0.4, 0.5) is 5.82 Å². The van der Waals surface area contributed by atoms with E-state index in [1.807, 2.05) is 28.4 Å². The molecule has 2 aromatic heterocycles. The SMILES string of the molecule is CSC1(CNc2ccc3nnc(C(C)(C)C)n3n2)CCC1. The standard InChI is InChI=1S/C15H23N5S/c1-14(2,3)13-18-17-12-7-6-11(19-20(12)13)16-10-15(21-4)8-5-9-15/h6-7H,5,8-10H2,1-4H3,(H,16,19). The minimum absolute atomic E-state index is 0.0699. The first-order valence-corrected chi connectivity index (χ1v) is 8.68. The Bertz CT molecular complexity index is 634. The van der Waals surface area contributed by atoms with Gasteiger partial charge in [0.05, 0.1) is 0 Å². The third kappa shape index (κ3) is 2.73. The van der Waals surface area contributed by atoms with Crippen LogP contribution in [0, 0.1) is 0 Å². The highest BCUT2D eigenvalue weighted by Gasteiger charge is 2.35. The minimum atomic E-state index is -0.0699. The number of hydrogen-bond acceptors (Lipinski definition) is 5. The average Bonchev–Trinajstić information content (AvgIpc) is 2.81. The molecule has 0 spiro atoms. The highest BCUT2D eigenvalue weighted by Crippen LogP contribution is 2.42. The highest BCUT2D eigenvalue weighted by molar-refractivity contribution is 8.00. The van der Waals surface area contributed by atoms with Crippen molar-refractivity contribution in [3.63, 3.8) is 0 Å². The number of hydrogen-bond donors (Lipinski definition) is 1. The van der Waals surface area contributed by atoms with Crippen molar-refractivity contribution < 1.29 is 0 Å². The summed E-state index contributed by atoms with van der Waals surface area (Å²) in [6.07, 6.45) is 6.14. The van der Waals surface area contributed by atoms with Crippen molar-refractivity contribution in [2.24, 2.45) is 0 Å². The van der Waals surface area contributed by atoms with Crippen molar-refractivity contribution in [2.75, 3.05) is 18.1 Å². The van der Waals surface area contributed by atoms with Gasteiger partial charge in [0.2, 0.25) is 0 Å². The van der Waals surface area contributed by atoms with E-state index >= 15 is 0 Å². The maximum atomic E-state index is 4.67. The maximum Gasteiger partial charge on any atom is 0.178 e. The first-order valence-electron chi connectivity index (χ1n) is 7.46. The topological polar surface area (TPSA) is 55.1 Å². The molecular formula is C15H23N5S. The van der Waals surface area contributed by atoms with E-state index in [9.17, 15) is 0 Å². The van der Waals surface area contributed by atoms with Gasteiger partial charge in [0, 0.05) is 16.7 Å². The van der Waals surface area contributed by atoms with Crippen molar-refractivity contribution in [2.45, 2.75) is 50.2 Å². The Morgan fingerprint density at radius 2 is 2.05 bits per heavy atom. The average molecular weight is 305 g/mol. The molecule has 1 N–H and O–H groups in total. The lowest BCUT2D eigenvalue weighted by atomic mass is 9.84. The highest BCUT2D eigenvalue weighted by atomic mass is 32.2. The van der Waals surface area contributed by atoms with Crippen LogP contribution in [0.1, 0.15) is 45.9 Å². The molecule has 5 nitrogen and oxygen atoms in total. The number of aromatic nitrogens is 4. The van der Waals surface area contributed by atoms with Gasteiger partial charge in [0.25, 0.3) is 0 Å². The van der Waals surface area contributed by atoms with Gasteiger partial charge >= 0.3 is 0 Å². The number of rotatable bonds is 4. The summed E-state index contributed by atoms with van der Waals surface area (Å²) in [5.74, 6) is 1.79. The second-order valence-corrected chi connectivity index (χ2v) is 8.13. The molecule has 1 saturated carbocycles.